The van der Waals surface area contributed by atoms with Crippen molar-refractivity contribution in [3.63, 3.8) is 0 Å². The van der Waals surface area contributed by atoms with Crippen molar-refractivity contribution < 1.29 is 9.59 Å². The van der Waals surface area contributed by atoms with Gasteiger partial charge in [-0.25, -0.2) is 0 Å². The van der Waals surface area contributed by atoms with E-state index in [1.165, 1.54) is 11.8 Å². The van der Waals surface area contributed by atoms with Crippen LogP contribution in [0.3, 0.4) is 0 Å². The molecule has 1 unspecified atom stereocenters. The first-order valence-corrected chi connectivity index (χ1v) is 11.9. The molecule has 0 heterocycles. The van der Waals surface area contributed by atoms with E-state index in [9.17, 15) is 9.59 Å². The lowest BCUT2D eigenvalue weighted by Gasteiger charge is -2.30. The fourth-order valence-corrected chi connectivity index (χ4v) is 4.86. The molecule has 0 spiro atoms. The molecular weight excluding hydrogens is 439 g/mol. The van der Waals surface area contributed by atoms with E-state index in [0.717, 1.165) is 16.7 Å². The maximum atomic E-state index is 13.2. The van der Waals surface area contributed by atoms with Crippen molar-refractivity contribution in [2.75, 3.05) is 12.3 Å². The highest BCUT2D eigenvalue weighted by Crippen LogP contribution is 2.28. The Morgan fingerprint density at radius 1 is 1.10 bits per heavy atom. The summed E-state index contributed by atoms with van der Waals surface area (Å²) in [6, 6.07) is 12.9. The zero-order valence-electron chi connectivity index (χ0n) is 17.6. The van der Waals surface area contributed by atoms with Gasteiger partial charge in [-0.05, 0) is 43.5 Å². The molecule has 1 N–H and O–H groups in total. The fourth-order valence-electron chi connectivity index (χ4n) is 3.21. The summed E-state index contributed by atoms with van der Waals surface area (Å²) in [4.78, 5) is 27.5. The summed E-state index contributed by atoms with van der Waals surface area (Å²) in [5.74, 6) is 0.562. The first kappa shape index (κ1) is 24.6. The van der Waals surface area contributed by atoms with Crippen LogP contribution in [0.1, 0.15) is 37.0 Å². The van der Waals surface area contributed by atoms with Crippen LogP contribution in [0.15, 0.2) is 42.5 Å². The second-order valence-electron chi connectivity index (χ2n) is 7.02. The summed E-state index contributed by atoms with van der Waals surface area (Å²) in [6.45, 7) is 6.73. The van der Waals surface area contributed by atoms with Gasteiger partial charge in [0, 0.05) is 28.9 Å². The Bertz CT molecular complexity index is 856. The highest BCUT2D eigenvalue weighted by atomic mass is 35.5. The maximum absolute atomic E-state index is 13.2. The normalized spacial score (nSPS) is 11.8. The number of amides is 2. The molecule has 7 heteroatoms. The lowest BCUT2D eigenvalue weighted by atomic mass is 10.1. The summed E-state index contributed by atoms with van der Waals surface area (Å²) >= 11 is 13.9. The van der Waals surface area contributed by atoms with Gasteiger partial charge in [0.2, 0.25) is 11.8 Å². The van der Waals surface area contributed by atoms with Crippen LogP contribution in [-0.2, 0) is 21.9 Å². The summed E-state index contributed by atoms with van der Waals surface area (Å²) in [5.41, 5.74) is 2.94. The van der Waals surface area contributed by atoms with Gasteiger partial charge in [0.1, 0.15) is 6.04 Å². The zero-order chi connectivity index (χ0) is 22.1. The number of hydrogen-bond acceptors (Lipinski definition) is 3. The highest BCUT2D eigenvalue weighted by Gasteiger charge is 2.28. The molecule has 0 aliphatic carbocycles. The SMILES string of the molecule is CCNC(=O)C(CC)N(Cc1cccc(C)c1)C(=O)CSCc1c(Cl)cccc1Cl. The fraction of sp³-hybridized carbons (Fsp3) is 0.391. The van der Waals surface area contributed by atoms with Crippen molar-refractivity contribution in [2.24, 2.45) is 0 Å². The van der Waals surface area contributed by atoms with Crippen LogP contribution in [-0.4, -0.2) is 35.1 Å². The molecule has 162 valence electrons. The predicted octanol–water partition coefficient (Wildman–Crippen LogP) is 5.48. The largest absolute Gasteiger partial charge is 0.355 e. The van der Waals surface area contributed by atoms with E-state index >= 15 is 0 Å². The molecule has 30 heavy (non-hydrogen) atoms. The molecule has 0 saturated heterocycles. The number of thioether (sulfide) groups is 1. The van der Waals surface area contributed by atoms with Gasteiger partial charge in [-0.3, -0.25) is 9.59 Å². The van der Waals surface area contributed by atoms with Crippen LogP contribution in [0.4, 0.5) is 0 Å². The Balaban J connectivity index is 2.15. The number of benzene rings is 2. The van der Waals surface area contributed by atoms with Gasteiger partial charge in [0.05, 0.1) is 5.75 Å². The van der Waals surface area contributed by atoms with E-state index < -0.39 is 6.04 Å². The minimum atomic E-state index is -0.512. The van der Waals surface area contributed by atoms with Crippen LogP contribution in [0.5, 0.6) is 0 Å². The lowest BCUT2D eigenvalue weighted by molar-refractivity contribution is -0.139. The molecule has 1 atom stereocenters. The van der Waals surface area contributed by atoms with Crippen molar-refractivity contribution in [1.29, 1.82) is 0 Å². The van der Waals surface area contributed by atoms with Crippen molar-refractivity contribution in [3.8, 4) is 0 Å². The Morgan fingerprint density at radius 2 is 1.77 bits per heavy atom. The number of carbonyl (C=O) groups is 2. The van der Waals surface area contributed by atoms with E-state index in [1.54, 1.807) is 23.1 Å². The standard InChI is InChI=1S/C23H28Cl2N2O2S/c1-4-21(23(29)26-5-2)27(13-17-9-6-8-16(3)12-17)22(28)15-30-14-18-19(24)10-7-11-20(18)25/h6-12,21H,4-5,13-15H2,1-3H3,(H,26,29). The van der Waals surface area contributed by atoms with Gasteiger partial charge in [0.25, 0.3) is 0 Å². The van der Waals surface area contributed by atoms with E-state index in [2.05, 4.69) is 5.32 Å². The molecule has 0 aliphatic heterocycles. The molecule has 0 aromatic heterocycles. The molecule has 2 rings (SSSR count). The molecule has 4 nitrogen and oxygen atoms in total. The van der Waals surface area contributed by atoms with E-state index in [1.807, 2.05) is 45.0 Å². The number of aryl methyl sites for hydroxylation is 1. The molecule has 2 aromatic carbocycles. The van der Waals surface area contributed by atoms with Gasteiger partial charge in [-0.2, -0.15) is 0 Å². The third kappa shape index (κ3) is 6.93. The van der Waals surface area contributed by atoms with Crippen molar-refractivity contribution in [1.82, 2.24) is 10.2 Å². The molecular formula is C23H28Cl2N2O2S. The Kier molecular flexibility index (Phi) is 10.0. The van der Waals surface area contributed by atoms with Gasteiger partial charge < -0.3 is 10.2 Å². The average Bonchev–Trinajstić information content (AvgIpc) is 2.70. The molecule has 2 amide bonds. The smallest absolute Gasteiger partial charge is 0.242 e. The minimum absolute atomic E-state index is 0.0808. The third-order valence-electron chi connectivity index (χ3n) is 4.71. The number of rotatable bonds is 10. The van der Waals surface area contributed by atoms with E-state index in [-0.39, 0.29) is 17.6 Å². The maximum Gasteiger partial charge on any atom is 0.242 e. The molecule has 2 aromatic rings. The summed E-state index contributed by atoms with van der Waals surface area (Å²) in [6.07, 6.45) is 0.546. The summed E-state index contributed by atoms with van der Waals surface area (Å²) < 4.78 is 0. The third-order valence-corrected chi connectivity index (χ3v) is 6.36. The Morgan fingerprint density at radius 3 is 2.37 bits per heavy atom. The van der Waals surface area contributed by atoms with Crippen molar-refractivity contribution >= 4 is 46.8 Å². The topological polar surface area (TPSA) is 49.4 Å². The molecule has 0 saturated carbocycles. The van der Waals surface area contributed by atoms with Crippen LogP contribution in [0.2, 0.25) is 10.0 Å². The van der Waals surface area contributed by atoms with Gasteiger partial charge in [0.15, 0.2) is 0 Å². The molecule has 0 fully saturated rings. The summed E-state index contributed by atoms with van der Waals surface area (Å²) in [5, 5.41) is 4.03. The van der Waals surface area contributed by atoms with Crippen LogP contribution in [0.25, 0.3) is 0 Å². The van der Waals surface area contributed by atoms with Gasteiger partial charge >= 0.3 is 0 Å². The number of nitrogens with zero attached hydrogens (tertiary/aromatic N) is 1. The predicted molar refractivity (Wildman–Crippen MR) is 127 cm³/mol. The molecule has 0 radical (unpaired) electrons. The molecule has 0 bridgehead atoms. The average molecular weight is 467 g/mol. The van der Waals surface area contributed by atoms with Crippen LogP contribution < -0.4 is 5.32 Å². The summed E-state index contributed by atoms with van der Waals surface area (Å²) in [7, 11) is 0. The first-order valence-electron chi connectivity index (χ1n) is 10.0. The number of hydrogen-bond donors (Lipinski definition) is 1. The second kappa shape index (κ2) is 12.2. The number of halogens is 2. The minimum Gasteiger partial charge on any atom is -0.355 e. The van der Waals surface area contributed by atoms with Crippen molar-refractivity contribution in [2.45, 2.75) is 45.5 Å². The zero-order valence-corrected chi connectivity index (χ0v) is 19.9. The van der Waals surface area contributed by atoms with E-state index in [0.29, 0.717) is 35.3 Å². The number of carbonyl (C=O) groups excluding carboxylic acids is 2. The highest BCUT2D eigenvalue weighted by molar-refractivity contribution is 7.99. The monoisotopic (exact) mass is 466 g/mol. The first-order chi connectivity index (χ1) is 14.4. The molecule has 0 aliphatic rings. The van der Waals surface area contributed by atoms with E-state index in [4.69, 9.17) is 23.2 Å². The lowest BCUT2D eigenvalue weighted by Crippen LogP contribution is -2.49. The van der Waals surface area contributed by atoms with Gasteiger partial charge in [-0.1, -0.05) is 66.0 Å². The Labute approximate surface area is 193 Å². The quantitative estimate of drug-likeness (QED) is 0.504. The second-order valence-corrected chi connectivity index (χ2v) is 8.82. The number of likely N-dealkylation sites (N-methyl/N-ethyl adjacent to an activating group) is 1. The van der Waals surface area contributed by atoms with Crippen LogP contribution >= 0.6 is 35.0 Å². The Hall–Kier alpha value is -1.69. The van der Waals surface area contributed by atoms with Crippen molar-refractivity contribution in [3.05, 3.63) is 69.2 Å². The number of nitrogens with one attached hydrogen (secondary N) is 1. The van der Waals surface area contributed by atoms with Gasteiger partial charge in [-0.15, -0.1) is 11.8 Å². The van der Waals surface area contributed by atoms with Crippen LogP contribution in [0, 0.1) is 6.92 Å².